The van der Waals surface area contributed by atoms with E-state index < -0.39 is 11.1 Å². The molecule has 1 saturated heterocycles. The number of fused-ring (bicyclic) bond motifs is 3. The van der Waals surface area contributed by atoms with Crippen LogP contribution in [0.15, 0.2) is 54.6 Å². The van der Waals surface area contributed by atoms with Crippen LogP contribution in [0, 0.1) is 0 Å². The Kier molecular flexibility index (Phi) is 3.92. The smallest absolute Gasteiger partial charge is 0.269 e. The predicted molar refractivity (Wildman–Crippen MR) is 101 cm³/mol. The molecule has 0 saturated carbocycles. The first-order chi connectivity index (χ1) is 12.5. The van der Waals surface area contributed by atoms with E-state index in [0.29, 0.717) is 13.0 Å². The van der Waals surface area contributed by atoms with Gasteiger partial charge in [-0.3, -0.25) is 9.59 Å². The number of halogens is 1. The summed E-state index contributed by atoms with van der Waals surface area (Å²) in [6.07, 6.45) is 0.622. The van der Waals surface area contributed by atoms with Crippen molar-refractivity contribution >= 4 is 29.1 Å². The largest absolute Gasteiger partial charge is 0.354 e. The number of nitrogens with one attached hydrogen (secondary N) is 2. The van der Waals surface area contributed by atoms with Gasteiger partial charge in [0.1, 0.15) is 5.88 Å². The van der Waals surface area contributed by atoms with Gasteiger partial charge in [0.25, 0.3) is 5.91 Å². The Balaban J connectivity index is 1.91. The van der Waals surface area contributed by atoms with Gasteiger partial charge in [0.15, 0.2) is 0 Å². The quantitative estimate of drug-likeness (QED) is 0.811. The van der Waals surface area contributed by atoms with Gasteiger partial charge in [0, 0.05) is 19.3 Å². The molecule has 134 valence electrons. The molecule has 4 rings (SSSR count). The van der Waals surface area contributed by atoms with Gasteiger partial charge in [-0.05, 0) is 23.6 Å². The van der Waals surface area contributed by atoms with Crippen molar-refractivity contribution in [2.45, 2.75) is 17.5 Å². The lowest BCUT2D eigenvalue weighted by molar-refractivity contribution is -0.135. The summed E-state index contributed by atoms with van der Waals surface area (Å²) < 4.78 is 0. The molecule has 5 nitrogen and oxygen atoms in total. The van der Waals surface area contributed by atoms with Crippen LogP contribution in [-0.4, -0.2) is 41.8 Å². The summed E-state index contributed by atoms with van der Waals surface area (Å²) in [6, 6.07) is 17.9. The zero-order chi connectivity index (χ0) is 18.4. The number of para-hydroxylation sites is 1. The zero-order valence-electron chi connectivity index (χ0n) is 14.5. The number of nitrogens with zero attached hydrogens (tertiary/aromatic N) is 1. The highest BCUT2D eigenvalue weighted by Crippen LogP contribution is 2.52. The Hall–Kier alpha value is -2.53. The minimum atomic E-state index is -1.23. The van der Waals surface area contributed by atoms with Crippen molar-refractivity contribution < 1.29 is 9.59 Å². The highest BCUT2D eigenvalue weighted by Gasteiger charge is 2.68. The molecule has 1 fully saturated rings. The van der Waals surface area contributed by atoms with Gasteiger partial charge < -0.3 is 15.5 Å². The SMILES string of the molecule is CN1CC2(Cc3ccccc3)c3ccccc3NC2(NC(=O)CCl)C1=O. The van der Waals surface area contributed by atoms with Crippen LogP contribution in [0.3, 0.4) is 0 Å². The minimum absolute atomic E-state index is 0.150. The molecule has 0 spiro atoms. The molecule has 0 aromatic heterocycles. The van der Waals surface area contributed by atoms with E-state index in [-0.39, 0.29) is 17.7 Å². The maximum absolute atomic E-state index is 13.2. The minimum Gasteiger partial charge on any atom is -0.354 e. The van der Waals surface area contributed by atoms with Gasteiger partial charge >= 0.3 is 0 Å². The second-order valence-corrected chi connectivity index (χ2v) is 7.28. The number of hydrogen-bond donors (Lipinski definition) is 2. The summed E-state index contributed by atoms with van der Waals surface area (Å²) in [5.41, 5.74) is 1.18. The van der Waals surface area contributed by atoms with E-state index in [9.17, 15) is 9.59 Å². The molecular weight excluding hydrogens is 350 g/mol. The molecule has 2 N–H and O–H groups in total. The third-order valence-corrected chi connectivity index (χ3v) is 5.70. The molecular formula is C20H20ClN3O2. The first-order valence-corrected chi connectivity index (χ1v) is 9.10. The first-order valence-electron chi connectivity index (χ1n) is 8.56. The van der Waals surface area contributed by atoms with Crippen LogP contribution < -0.4 is 10.6 Å². The van der Waals surface area contributed by atoms with Crippen LogP contribution in [-0.2, 0) is 21.4 Å². The van der Waals surface area contributed by atoms with Gasteiger partial charge in [-0.15, -0.1) is 11.6 Å². The van der Waals surface area contributed by atoms with Crippen LogP contribution in [0.25, 0.3) is 0 Å². The number of hydrogen-bond acceptors (Lipinski definition) is 3. The van der Waals surface area contributed by atoms with Gasteiger partial charge in [0.2, 0.25) is 11.6 Å². The fourth-order valence-corrected chi connectivity index (χ4v) is 4.50. The number of carbonyl (C=O) groups is 2. The Morgan fingerprint density at radius 2 is 1.88 bits per heavy atom. The number of likely N-dealkylation sites (N-methyl/N-ethyl adjacent to an activating group) is 1. The van der Waals surface area contributed by atoms with E-state index in [1.807, 2.05) is 54.6 Å². The molecule has 2 amide bonds. The predicted octanol–water partition coefficient (Wildman–Crippen LogP) is 2.12. The lowest BCUT2D eigenvalue weighted by atomic mass is 9.70. The van der Waals surface area contributed by atoms with Crippen LogP contribution in [0.4, 0.5) is 5.69 Å². The number of carbonyl (C=O) groups excluding carboxylic acids is 2. The lowest BCUT2D eigenvalue weighted by Gasteiger charge is -2.38. The standard InChI is InChI=1S/C20H20ClN3O2/c1-24-13-19(11-14-7-3-2-4-8-14)15-9-5-6-10-16(15)22-20(19,18(24)26)23-17(25)12-21/h2-10,22H,11-13H2,1H3,(H,23,25). The summed E-state index contributed by atoms with van der Waals surface area (Å²) in [6.45, 7) is 0.507. The molecule has 2 heterocycles. The van der Waals surface area contributed by atoms with Gasteiger partial charge in [-0.2, -0.15) is 0 Å². The summed E-state index contributed by atoms with van der Waals surface area (Å²) >= 11 is 5.75. The molecule has 0 bridgehead atoms. The maximum atomic E-state index is 13.2. The third-order valence-electron chi connectivity index (χ3n) is 5.45. The summed E-state index contributed by atoms with van der Waals surface area (Å²) in [7, 11) is 1.77. The number of likely N-dealkylation sites (tertiary alicyclic amines) is 1. The Labute approximate surface area is 157 Å². The van der Waals surface area contributed by atoms with Crippen LogP contribution in [0.1, 0.15) is 11.1 Å². The van der Waals surface area contributed by atoms with E-state index in [1.165, 1.54) is 0 Å². The Bertz CT molecular complexity index is 872. The van der Waals surface area contributed by atoms with Crippen LogP contribution >= 0.6 is 11.6 Å². The molecule has 0 aliphatic carbocycles. The number of benzene rings is 2. The fraction of sp³-hybridized carbons (Fsp3) is 0.300. The fourth-order valence-electron chi connectivity index (χ4n) is 4.43. The second-order valence-electron chi connectivity index (χ2n) is 7.01. The van der Waals surface area contributed by atoms with Gasteiger partial charge in [0.05, 0.1) is 5.41 Å². The molecule has 2 aromatic rings. The van der Waals surface area contributed by atoms with E-state index in [4.69, 9.17) is 11.6 Å². The van der Waals surface area contributed by atoms with Crippen LogP contribution in [0.2, 0.25) is 0 Å². The third kappa shape index (κ3) is 2.23. The molecule has 2 atom stereocenters. The first kappa shape index (κ1) is 16.9. The molecule has 2 unspecified atom stereocenters. The summed E-state index contributed by atoms with van der Waals surface area (Å²) in [5.74, 6) is -0.714. The zero-order valence-corrected chi connectivity index (χ0v) is 15.2. The van der Waals surface area contributed by atoms with E-state index >= 15 is 0 Å². The van der Waals surface area contributed by atoms with Crippen molar-refractivity contribution in [2.24, 2.45) is 0 Å². The normalized spacial score (nSPS) is 26.2. The lowest BCUT2D eigenvalue weighted by Crippen LogP contribution is -2.66. The number of rotatable bonds is 4. The van der Waals surface area contributed by atoms with Crippen molar-refractivity contribution in [2.75, 3.05) is 24.8 Å². The van der Waals surface area contributed by atoms with E-state index in [1.54, 1.807) is 11.9 Å². The van der Waals surface area contributed by atoms with Crippen molar-refractivity contribution in [3.63, 3.8) is 0 Å². The Morgan fingerprint density at radius 3 is 2.62 bits per heavy atom. The highest BCUT2D eigenvalue weighted by molar-refractivity contribution is 6.27. The molecule has 2 aromatic carbocycles. The monoisotopic (exact) mass is 369 g/mol. The Morgan fingerprint density at radius 1 is 1.19 bits per heavy atom. The second kappa shape index (κ2) is 6.02. The van der Waals surface area contributed by atoms with E-state index in [0.717, 1.165) is 16.8 Å². The average Bonchev–Trinajstić information content (AvgIpc) is 3.02. The molecule has 2 aliphatic rings. The van der Waals surface area contributed by atoms with Crippen LogP contribution in [0.5, 0.6) is 0 Å². The molecule has 6 heteroatoms. The number of amides is 2. The van der Waals surface area contributed by atoms with E-state index in [2.05, 4.69) is 10.6 Å². The number of alkyl halides is 1. The topological polar surface area (TPSA) is 61.4 Å². The average molecular weight is 370 g/mol. The molecule has 26 heavy (non-hydrogen) atoms. The summed E-state index contributed by atoms with van der Waals surface area (Å²) in [4.78, 5) is 27.2. The van der Waals surface area contributed by atoms with Crippen molar-refractivity contribution in [1.82, 2.24) is 10.2 Å². The van der Waals surface area contributed by atoms with Crippen molar-refractivity contribution in [3.8, 4) is 0 Å². The molecule has 2 aliphatic heterocycles. The molecule has 0 radical (unpaired) electrons. The van der Waals surface area contributed by atoms with Gasteiger partial charge in [-0.25, -0.2) is 0 Å². The van der Waals surface area contributed by atoms with Gasteiger partial charge in [-0.1, -0.05) is 48.5 Å². The highest BCUT2D eigenvalue weighted by atomic mass is 35.5. The summed E-state index contributed by atoms with van der Waals surface area (Å²) in [5, 5.41) is 6.25. The number of anilines is 1. The van der Waals surface area contributed by atoms with Crippen molar-refractivity contribution in [3.05, 3.63) is 65.7 Å². The van der Waals surface area contributed by atoms with Crippen molar-refractivity contribution in [1.29, 1.82) is 0 Å². The maximum Gasteiger partial charge on any atom is 0.269 e.